The van der Waals surface area contributed by atoms with E-state index in [1.54, 1.807) is 43.3 Å². The molecule has 7 heteroatoms. The Bertz CT molecular complexity index is 739. The lowest BCUT2D eigenvalue weighted by atomic mass is 10.2. The van der Waals surface area contributed by atoms with Gasteiger partial charge in [0.1, 0.15) is 11.9 Å². The molecule has 0 amide bonds. The number of hydrogen-bond acceptors (Lipinski definition) is 5. The Balaban J connectivity index is 2.27. The predicted octanol–water partition coefficient (Wildman–Crippen LogP) is 3.14. The normalized spacial score (nSPS) is 14.3. The maximum Gasteiger partial charge on any atom is 0.300 e. The molecule has 0 aromatic heterocycles. The van der Waals surface area contributed by atoms with Crippen molar-refractivity contribution in [2.45, 2.75) is 31.1 Å². The summed E-state index contributed by atoms with van der Waals surface area (Å²) in [5, 5.41) is 10.1. The number of hydrogen-bond donors (Lipinski definition) is 1. The predicted molar refractivity (Wildman–Crippen MR) is 87.0 cm³/mol. The maximum atomic E-state index is 12.3. The first-order valence-corrected chi connectivity index (χ1v) is 8.68. The van der Waals surface area contributed by atoms with Gasteiger partial charge in [0.2, 0.25) is 6.29 Å². The molecule has 0 fully saturated rings. The first-order chi connectivity index (χ1) is 10.8. The third-order valence-corrected chi connectivity index (χ3v) is 4.64. The van der Waals surface area contributed by atoms with Crippen LogP contribution in [0, 0.1) is 6.92 Å². The summed E-state index contributed by atoms with van der Waals surface area (Å²) in [5.74, 6) is 0.267. The average Bonchev–Trinajstić information content (AvgIpc) is 2.50. The maximum absolute atomic E-state index is 12.3. The van der Waals surface area contributed by atoms with Crippen molar-refractivity contribution in [3.05, 3.63) is 59.1 Å². The monoisotopic (exact) mass is 356 g/mol. The molecule has 2 aromatic rings. The largest absolute Gasteiger partial charge is 0.459 e. The van der Waals surface area contributed by atoms with Crippen LogP contribution in [-0.2, 0) is 14.3 Å². The highest BCUT2D eigenvalue weighted by Gasteiger charge is 2.28. The number of aliphatic hydroxyl groups is 1. The van der Waals surface area contributed by atoms with E-state index in [2.05, 4.69) is 0 Å². The Morgan fingerprint density at radius 3 is 2.30 bits per heavy atom. The van der Waals surface area contributed by atoms with Gasteiger partial charge in [0, 0.05) is 0 Å². The van der Waals surface area contributed by atoms with Gasteiger partial charge in [-0.3, -0.25) is 0 Å². The molecule has 23 heavy (non-hydrogen) atoms. The Morgan fingerprint density at radius 1 is 1.09 bits per heavy atom. The molecule has 0 radical (unpaired) electrons. The van der Waals surface area contributed by atoms with Gasteiger partial charge in [0.05, 0.1) is 9.92 Å². The van der Waals surface area contributed by atoms with Gasteiger partial charge in [-0.05, 0) is 37.6 Å². The third kappa shape index (κ3) is 4.45. The Kier molecular flexibility index (Phi) is 5.64. The molecule has 0 bridgehead atoms. The smallest absolute Gasteiger partial charge is 0.300 e. The summed E-state index contributed by atoms with van der Waals surface area (Å²) in [6.07, 6.45) is -2.61. The average molecular weight is 357 g/mol. The van der Waals surface area contributed by atoms with Crippen LogP contribution >= 0.6 is 11.6 Å². The standard InChI is InChI=1S/C16H17ClO5S/c1-11-7-6-10-14(17)15(11)21-16(12(2)18)22-23(19,20)13-8-4-3-5-9-13/h3-10,12,16,18H,1-2H3. The second-order valence-electron chi connectivity index (χ2n) is 4.98. The summed E-state index contributed by atoms with van der Waals surface area (Å²) < 4.78 is 35.1. The van der Waals surface area contributed by atoms with Crippen LogP contribution < -0.4 is 4.74 Å². The zero-order valence-corrected chi connectivity index (χ0v) is 14.2. The van der Waals surface area contributed by atoms with E-state index in [1.165, 1.54) is 19.1 Å². The number of para-hydroxylation sites is 1. The van der Waals surface area contributed by atoms with Gasteiger partial charge in [0.15, 0.2) is 0 Å². The highest BCUT2D eigenvalue weighted by Crippen LogP contribution is 2.30. The van der Waals surface area contributed by atoms with Gasteiger partial charge in [-0.15, -0.1) is 0 Å². The molecule has 0 aliphatic heterocycles. The quantitative estimate of drug-likeness (QED) is 0.636. The molecule has 0 aliphatic carbocycles. The van der Waals surface area contributed by atoms with E-state index in [0.29, 0.717) is 10.6 Å². The summed E-state index contributed by atoms with van der Waals surface area (Å²) in [4.78, 5) is -0.0230. The molecule has 2 rings (SSSR count). The summed E-state index contributed by atoms with van der Waals surface area (Å²) in [7, 11) is -4.08. The molecular weight excluding hydrogens is 340 g/mol. The molecule has 0 saturated heterocycles. The highest BCUT2D eigenvalue weighted by molar-refractivity contribution is 7.86. The van der Waals surface area contributed by atoms with E-state index in [1.807, 2.05) is 0 Å². The van der Waals surface area contributed by atoms with Crippen molar-refractivity contribution in [3.63, 3.8) is 0 Å². The summed E-state index contributed by atoms with van der Waals surface area (Å²) in [6, 6.07) is 12.7. The van der Waals surface area contributed by atoms with Crippen LogP contribution in [0.2, 0.25) is 5.02 Å². The lowest BCUT2D eigenvalue weighted by molar-refractivity contribution is -0.0743. The van der Waals surface area contributed by atoms with Gasteiger partial charge in [0.25, 0.3) is 10.1 Å². The van der Waals surface area contributed by atoms with Gasteiger partial charge in [-0.1, -0.05) is 41.9 Å². The molecular formula is C16H17ClO5S. The minimum atomic E-state index is -4.08. The zero-order chi connectivity index (χ0) is 17.0. The van der Waals surface area contributed by atoms with E-state index in [-0.39, 0.29) is 10.6 Å². The van der Waals surface area contributed by atoms with E-state index in [9.17, 15) is 13.5 Å². The first kappa shape index (κ1) is 17.7. The summed E-state index contributed by atoms with van der Waals surface area (Å²) in [6.45, 7) is 3.13. The minimum absolute atomic E-state index is 0.0230. The number of aryl methyl sites for hydroxylation is 1. The van der Waals surface area contributed by atoms with Crippen molar-refractivity contribution in [2.24, 2.45) is 0 Å². The number of ether oxygens (including phenoxy) is 1. The number of benzene rings is 2. The summed E-state index contributed by atoms with van der Waals surface area (Å²) in [5.41, 5.74) is 0.698. The Morgan fingerprint density at radius 2 is 1.74 bits per heavy atom. The van der Waals surface area contributed by atoms with Crippen LogP contribution in [0.3, 0.4) is 0 Å². The topological polar surface area (TPSA) is 72.8 Å². The van der Waals surface area contributed by atoms with E-state index in [0.717, 1.165) is 0 Å². The van der Waals surface area contributed by atoms with Gasteiger partial charge >= 0.3 is 0 Å². The third-order valence-electron chi connectivity index (χ3n) is 3.05. The molecule has 2 unspecified atom stereocenters. The van der Waals surface area contributed by atoms with Gasteiger partial charge < -0.3 is 9.84 Å². The second-order valence-corrected chi connectivity index (χ2v) is 6.96. The van der Waals surface area contributed by atoms with Crippen molar-refractivity contribution in [1.82, 2.24) is 0 Å². The molecule has 1 N–H and O–H groups in total. The molecule has 2 aromatic carbocycles. The summed E-state index contributed by atoms with van der Waals surface area (Å²) >= 11 is 6.05. The molecule has 0 aliphatic rings. The molecule has 124 valence electrons. The minimum Gasteiger partial charge on any atom is -0.459 e. The lowest BCUT2D eigenvalue weighted by Gasteiger charge is -2.23. The van der Waals surface area contributed by atoms with Gasteiger partial charge in [-0.25, -0.2) is 4.18 Å². The first-order valence-electron chi connectivity index (χ1n) is 6.89. The van der Waals surface area contributed by atoms with E-state index in [4.69, 9.17) is 20.5 Å². The number of halogens is 1. The molecule has 0 saturated carbocycles. The SMILES string of the molecule is Cc1cccc(Cl)c1OC(OS(=O)(=O)c1ccccc1)C(C)O. The van der Waals surface area contributed by atoms with E-state index >= 15 is 0 Å². The van der Waals surface area contributed by atoms with Crippen molar-refractivity contribution < 1.29 is 22.4 Å². The van der Waals surface area contributed by atoms with Crippen molar-refractivity contribution >= 4 is 21.7 Å². The number of rotatable bonds is 6. The van der Waals surface area contributed by atoms with Crippen LogP contribution in [0.25, 0.3) is 0 Å². The number of aliphatic hydroxyl groups excluding tert-OH is 1. The van der Waals surface area contributed by atoms with Crippen LogP contribution in [-0.4, -0.2) is 25.9 Å². The lowest BCUT2D eigenvalue weighted by Crippen LogP contribution is -2.34. The molecule has 2 atom stereocenters. The zero-order valence-electron chi connectivity index (χ0n) is 12.6. The Hall–Kier alpha value is -1.60. The van der Waals surface area contributed by atoms with Crippen LogP contribution in [0.5, 0.6) is 5.75 Å². The molecule has 0 spiro atoms. The van der Waals surface area contributed by atoms with Crippen molar-refractivity contribution in [3.8, 4) is 5.75 Å². The fraction of sp³-hybridized carbons (Fsp3) is 0.250. The Labute approximate surface area is 140 Å². The highest BCUT2D eigenvalue weighted by atomic mass is 35.5. The van der Waals surface area contributed by atoms with Crippen LogP contribution in [0.1, 0.15) is 12.5 Å². The van der Waals surface area contributed by atoms with Gasteiger partial charge in [-0.2, -0.15) is 8.42 Å². The van der Waals surface area contributed by atoms with Crippen LogP contribution in [0.15, 0.2) is 53.4 Å². The fourth-order valence-electron chi connectivity index (χ4n) is 1.85. The van der Waals surface area contributed by atoms with Crippen molar-refractivity contribution in [1.29, 1.82) is 0 Å². The van der Waals surface area contributed by atoms with E-state index < -0.39 is 22.5 Å². The van der Waals surface area contributed by atoms with Crippen LogP contribution in [0.4, 0.5) is 0 Å². The van der Waals surface area contributed by atoms with Crippen molar-refractivity contribution in [2.75, 3.05) is 0 Å². The fourth-order valence-corrected chi connectivity index (χ4v) is 3.17. The molecule has 5 nitrogen and oxygen atoms in total. The molecule has 0 heterocycles. The second kappa shape index (κ2) is 7.31.